The third kappa shape index (κ3) is 3.32. The molecule has 0 spiro atoms. The van der Waals surface area contributed by atoms with Gasteiger partial charge in [-0.3, -0.25) is 0 Å². The second-order valence-electron chi connectivity index (χ2n) is 4.70. The second kappa shape index (κ2) is 6.36. The fraction of sp³-hybridized carbons (Fsp3) is 0.143. The molecule has 24 heavy (non-hydrogen) atoms. The van der Waals surface area contributed by atoms with Crippen molar-refractivity contribution in [2.75, 3.05) is 23.5 Å². The van der Waals surface area contributed by atoms with E-state index in [9.17, 15) is 9.18 Å². The first-order valence-corrected chi connectivity index (χ1v) is 6.82. The number of nitrogens with two attached hydrogens (primary N) is 1. The van der Waals surface area contributed by atoms with Crippen LogP contribution in [0.3, 0.4) is 0 Å². The number of carbonyl (C=O) groups is 1. The van der Waals surface area contributed by atoms with Crippen LogP contribution < -0.4 is 16.4 Å². The molecule has 3 rings (SSSR count). The average Bonchev–Trinajstić information content (AvgIpc) is 2.96. The summed E-state index contributed by atoms with van der Waals surface area (Å²) in [6, 6.07) is 5.89. The maximum atomic E-state index is 12.9. The molecule has 0 radical (unpaired) electrons. The molecule has 9 nitrogen and oxygen atoms in total. The Kier molecular flexibility index (Phi) is 4.10. The quantitative estimate of drug-likeness (QED) is 0.663. The monoisotopic (exact) mass is 332 g/mol. The van der Waals surface area contributed by atoms with Crippen LogP contribution in [0, 0.1) is 5.82 Å². The van der Waals surface area contributed by atoms with Gasteiger partial charge >= 0.3 is 12.1 Å². The number of nitrogens with one attached hydrogen (secondary N) is 2. The number of anilines is 3. The van der Waals surface area contributed by atoms with Crippen molar-refractivity contribution in [2.24, 2.45) is 0 Å². The highest BCUT2D eigenvalue weighted by atomic mass is 19.1. The largest absolute Gasteiger partial charge is 0.453 e. The predicted molar refractivity (Wildman–Crippen MR) is 83.8 cm³/mol. The number of hydrogen-bond donors (Lipinski definition) is 3. The summed E-state index contributed by atoms with van der Waals surface area (Å²) in [5, 5.41) is 5.32. The van der Waals surface area contributed by atoms with Gasteiger partial charge in [-0.25, -0.2) is 14.5 Å². The number of rotatable bonds is 4. The first-order chi connectivity index (χ1) is 11.5. The Balaban J connectivity index is 1.85. The number of aromatic nitrogens is 3. The van der Waals surface area contributed by atoms with Gasteiger partial charge in [-0.2, -0.15) is 15.0 Å². The standard InChI is InChI=1S/C14H13FN6O3/c1-23-14(22)21-13-18-9-10(19-12(16)20-11(9)24-13)17-6-7-2-4-8(15)5-3-7/h2-5H,6H2,1H3,(H,18,21,22)(H3,16,17,19,20). The minimum Gasteiger partial charge on any atom is -0.453 e. The molecular weight excluding hydrogens is 319 g/mol. The SMILES string of the molecule is COC(=O)Nc1nc2c(NCc3ccc(F)cc3)nc(N)nc2o1. The molecule has 1 amide bonds. The maximum Gasteiger partial charge on any atom is 0.414 e. The third-order valence-corrected chi connectivity index (χ3v) is 3.04. The van der Waals surface area contributed by atoms with E-state index in [1.54, 1.807) is 12.1 Å². The summed E-state index contributed by atoms with van der Waals surface area (Å²) in [5.41, 5.74) is 6.87. The van der Waals surface area contributed by atoms with E-state index < -0.39 is 6.09 Å². The fourth-order valence-corrected chi connectivity index (χ4v) is 1.94. The van der Waals surface area contributed by atoms with Crippen LogP contribution in [0.2, 0.25) is 0 Å². The average molecular weight is 332 g/mol. The number of ether oxygens (including phenoxy) is 1. The Morgan fingerprint density at radius 3 is 2.75 bits per heavy atom. The van der Waals surface area contributed by atoms with E-state index in [0.717, 1.165) is 5.56 Å². The summed E-state index contributed by atoms with van der Waals surface area (Å²) in [5.74, 6) is -0.0178. The number of nitrogens with zero attached hydrogens (tertiary/aromatic N) is 3. The lowest BCUT2D eigenvalue weighted by atomic mass is 10.2. The predicted octanol–water partition coefficient (Wildman–Crippen LogP) is 2.13. The highest BCUT2D eigenvalue weighted by molar-refractivity contribution is 5.87. The van der Waals surface area contributed by atoms with Crippen molar-refractivity contribution in [2.45, 2.75) is 6.54 Å². The molecule has 0 aliphatic heterocycles. The summed E-state index contributed by atoms with van der Waals surface area (Å²) < 4.78 is 22.7. The van der Waals surface area contributed by atoms with E-state index in [0.29, 0.717) is 12.4 Å². The van der Waals surface area contributed by atoms with Crippen LogP contribution in [0.5, 0.6) is 0 Å². The molecule has 3 aromatic rings. The Bertz CT molecular complexity index is 880. The Morgan fingerprint density at radius 2 is 2.04 bits per heavy atom. The highest BCUT2D eigenvalue weighted by Gasteiger charge is 2.16. The van der Waals surface area contributed by atoms with Gasteiger partial charge in [0, 0.05) is 6.54 Å². The molecule has 0 saturated heterocycles. The van der Waals surface area contributed by atoms with E-state index in [2.05, 4.69) is 30.3 Å². The first kappa shape index (κ1) is 15.5. The third-order valence-electron chi connectivity index (χ3n) is 3.04. The number of hydrogen-bond acceptors (Lipinski definition) is 8. The molecule has 124 valence electrons. The lowest BCUT2D eigenvalue weighted by Crippen LogP contribution is -2.10. The molecule has 1 aromatic carbocycles. The molecule has 0 saturated carbocycles. The van der Waals surface area contributed by atoms with E-state index in [1.165, 1.54) is 19.2 Å². The van der Waals surface area contributed by atoms with Gasteiger partial charge in [0.25, 0.3) is 5.71 Å². The van der Waals surface area contributed by atoms with E-state index in [-0.39, 0.29) is 29.0 Å². The van der Waals surface area contributed by atoms with Crippen LogP contribution in [-0.2, 0) is 11.3 Å². The van der Waals surface area contributed by atoms with Gasteiger partial charge in [-0.15, -0.1) is 0 Å². The van der Waals surface area contributed by atoms with Crippen molar-refractivity contribution >= 4 is 35.1 Å². The Morgan fingerprint density at radius 1 is 1.29 bits per heavy atom. The molecule has 0 aliphatic rings. The lowest BCUT2D eigenvalue weighted by molar-refractivity contribution is 0.186. The Labute approximate surface area is 135 Å². The number of fused-ring (bicyclic) bond motifs is 1. The molecule has 2 aromatic heterocycles. The van der Waals surface area contributed by atoms with Crippen LogP contribution in [0.4, 0.5) is 27.0 Å². The molecule has 4 N–H and O–H groups in total. The summed E-state index contributed by atoms with van der Waals surface area (Å²) in [7, 11) is 1.21. The van der Waals surface area contributed by atoms with Crippen molar-refractivity contribution in [1.82, 2.24) is 15.0 Å². The first-order valence-electron chi connectivity index (χ1n) is 6.82. The van der Waals surface area contributed by atoms with Crippen molar-refractivity contribution in [3.05, 3.63) is 35.6 Å². The van der Waals surface area contributed by atoms with Crippen LogP contribution in [0.15, 0.2) is 28.7 Å². The second-order valence-corrected chi connectivity index (χ2v) is 4.70. The van der Waals surface area contributed by atoms with Gasteiger partial charge < -0.3 is 20.2 Å². The molecule has 0 fully saturated rings. The topological polar surface area (TPSA) is 128 Å². The van der Waals surface area contributed by atoms with E-state index in [1.807, 2.05) is 0 Å². The van der Waals surface area contributed by atoms with Crippen molar-refractivity contribution < 1.29 is 18.3 Å². The number of oxazole rings is 1. The number of amides is 1. The number of benzene rings is 1. The van der Waals surface area contributed by atoms with Gasteiger partial charge in [0.05, 0.1) is 7.11 Å². The van der Waals surface area contributed by atoms with Gasteiger partial charge in [0.2, 0.25) is 5.95 Å². The van der Waals surface area contributed by atoms with Crippen LogP contribution in [-0.4, -0.2) is 28.2 Å². The van der Waals surface area contributed by atoms with E-state index in [4.69, 9.17) is 10.2 Å². The molecule has 0 bridgehead atoms. The summed E-state index contributed by atoms with van der Waals surface area (Å²) in [6.07, 6.45) is -0.733. The minimum absolute atomic E-state index is 0.0233. The molecule has 10 heteroatoms. The van der Waals surface area contributed by atoms with Crippen LogP contribution >= 0.6 is 0 Å². The lowest BCUT2D eigenvalue weighted by Gasteiger charge is -2.06. The van der Waals surface area contributed by atoms with Gasteiger partial charge in [0.1, 0.15) is 5.82 Å². The number of methoxy groups -OCH3 is 1. The summed E-state index contributed by atoms with van der Waals surface area (Å²) in [6.45, 7) is 0.360. The minimum atomic E-state index is -0.733. The van der Waals surface area contributed by atoms with Crippen LogP contribution in [0.25, 0.3) is 11.2 Å². The smallest absolute Gasteiger partial charge is 0.414 e. The fourth-order valence-electron chi connectivity index (χ4n) is 1.94. The van der Waals surface area contributed by atoms with Crippen molar-refractivity contribution in [3.63, 3.8) is 0 Å². The molecule has 0 atom stereocenters. The molecular formula is C14H13FN6O3. The zero-order chi connectivity index (χ0) is 17.1. The number of nitrogen functional groups attached to an aromatic ring is 1. The van der Waals surface area contributed by atoms with Gasteiger partial charge in [0.15, 0.2) is 11.3 Å². The molecule has 0 aliphatic carbocycles. The van der Waals surface area contributed by atoms with E-state index >= 15 is 0 Å². The van der Waals surface area contributed by atoms with Gasteiger partial charge in [-0.1, -0.05) is 12.1 Å². The molecule has 2 heterocycles. The molecule has 0 unspecified atom stereocenters. The summed E-state index contributed by atoms with van der Waals surface area (Å²) in [4.78, 5) is 23.3. The van der Waals surface area contributed by atoms with Crippen LogP contribution in [0.1, 0.15) is 5.56 Å². The number of carbonyl (C=O) groups excluding carboxylic acids is 1. The van der Waals surface area contributed by atoms with Crippen molar-refractivity contribution in [1.29, 1.82) is 0 Å². The zero-order valence-electron chi connectivity index (χ0n) is 12.5. The maximum absolute atomic E-state index is 12.9. The van der Waals surface area contributed by atoms with Gasteiger partial charge in [-0.05, 0) is 17.7 Å². The number of halogens is 1. The Hall–Kier alpha value is -3.43. The summed E-state index contributed by atoms with van der Waals surface area (Å²) >= 11 is 0. The highest BCUT2D eigenvalue weighted by Crippen LogP contribution is 2.24. The normalized spacial score (nSPS) is 10.6. The van der Waals surface area contributed by atoms with Crippen molar-refractivity contribution in [3.8, 4) is 0 Å². The zero-order valence-corrected chi connectivity index (χ0v) is 12.5.